The molecule has 1 aliphatic rings. The monoisotopic (exact) mass is 278 g/mol. The quantitative estimate of drug-likeness (QED) is 0.598. The van der Waals surface area contributed by atoms with Crippen LogP contribution in [0, 0.1) is 16.0 Å². The van der Waals surface area contributed by atoms with Crippen LogP contribution < -0.4 is 5.32 Å². The van der Waals surface area contributed by atoms with Crippen LogP contribution >= 0.6 is 0 Å². The lowest BCUT2D eigenvalue weighted by Gasteiger charge is -2.14. The zero-order chi connectivity index (χ0) is 14.7. The van der Waals surface area contributed by atoms with Gasteiger partial charge in [0.25, 0.3) is 5.69 Å². The van der Waals surface area contributed by atoms with Gasteiger partial charge in [-0.1, -0.05) is 18.2 Å². The number of nitrogens with one attached hydrogen (secondary N) is 1. The lowest BCUT2D eigenvalue weighted by molar-refractivity contribution is -0.385. The Bertz CT molecular complexity index is 553. The van der Waals surface area contributed by atoms with Crippen LogP contribution in [0.2, 0.25) is 0 Å². The SMILES string of the molecule is O=C(N[C@@H](Cc1ccccc1[N+](=O)[O-])C(=O)O)C1CC1. The Morgan fingerprint density at radius 2 is 2.05 bits per heavy atom. The molecule has 0 heterocycles. The summed E-state index contributed by atoms with van der Waals surface area (Å²) in [6.45, 7) is 0. The molecule has 1 fully saturated rings. The second-order valence-corrected chi connectivity index (χ2v) is 4.76. The van der Waals surface area contributed by atoms with Crippen LogP contribution in [0.25, 0.3) is 0 Å². The minimum absolute atomic E-state index is 0.106. The van der Waals surface area contributed by atoms with Crippen molar-refractivity contribution in [2.45, 2.75) is 25.3 Å². The first-order valence-corrected chi connectivity index (χ1v) is 6.24. The normalized spacial score (nSPS) is 15.4. The lowest BCUT2D eigenvalue weighted by Crippen LogP contribution is -2.43. The van der Waals surface area contributed by atoms with E-state index in [1.165, 1.54) is 18.2 Å². The van der Waals surface area contributed by atoms with E-state index in [9.17, 15) is 19.7 Å². The average Bonchev–Trinajstić information content (AvgIpc) is 3.22. The van der Waals surface area contributed by atoms with Crippen molar-refractivity contribution >= 4 is 17.6 Å². The van der Waals surface area contributed by atoms with Crippen LogP contribution in [0.1, 0.15) is 18.4 Å². The van der Waals surface area contributed by atoms with Gasteiger partial charge in [0, 0.05) is 24.0 Å². The van der Waals surface area contributed by atoms with E-state index in [1.54, 1.807) is 6.07 Å². The smallest absolute Gasteiger partial charge is 0.326 e. The van der Waals surface area contributed by atoms with Crippen molar-refractivity contribution in [3.63, 3.8) is 0 Å². The summed E-state index contributed by atoms with van der Waals surface area (Å²) >= 11 is 0. The molecule has 2 rings (SSSR count). The molecule has 7 heteroatoms. The predicted octanol–water partition coefficient (Wildman–Crippen LogP) is 1.12. The topological polar surface area (TPSA) is 110 Å². The summed E-state index contributed by atoms with van der Waals surface area (Å²) in [4.78, 5) is 33.1. The number of hydrogen-bond acceptors (Lipinski definition) is 4. The summed E-state index contributed by atoms with van der Waals surface area (Å²) in [6, 6.07) is 4.78. The number of amides is 1. The van der Waals surface area contributed by atoms with Crippen LogP contribution in [0.15, 0.2) is 24.3 Å². The Morgan fingerprint density at radius 1 is 1.40 bits per heavy atom. The third-order valence-electron chi connectivity index (χ3n) is 3.18. The van der Waals surface area contributed by atoms with Gasteiger partial charge < -0.3 is 10.4 Å². The molecule has 0 saturated heterocycles. The number of aliphatic carboxylic acids is 1. The molecule has 0 bridgehead atoms. The maximum Gasteiger partial charge on any atom is 0.326 e. The van der Waals surface area contributed by atoms with Crippen LogP contribution in [-0.4, -0.2) is 27.9 Å². The molecule has 2 N–H and O–H groups in total. The van der Waals surface area contributed by atoms with Gasteiger partial charge in [-0.05, 0) is 12.8 Å². The number of nitro benzene ring substituents is 1. The highest BCUT2D eigenvalue weighted by molar-refractivity contribution is 5.86. The van der Waals surface area contributed by atoms with E-state index < -0.39 is 16.9 Å². The number of benzene rings is 1. The Kier molecular flexibility index (Phi) is 3.97. The van der Waals surface area contributed by atoms with Gasteiger partial charge in [-0.2, -0.15) is 0 Å². The second kappa shape index (κ2) is 5.68. The first-order chi connectivity index (χ1) is 9.49. The molecule has 0 unspecified atom stereocenters. The molecule has 1 aromatic carbocycles. The fourth-order valence-corrected chi connectivity index (χ4v) is 1.92. The van der Waals surface area contributed by atoms with Gasteiger partial charge in [-0.3, -0.25) is 14.9 Å². The summed E-state index contributed by atoms with van der Waals surface area (Å²) in [5, 5.41) is 22.4. The van der Waals surface area contributed by atoms with E-state index in [1.807, 2.05) is 0 Å². The van der Waals surface area contributed by atoms with Crippen molar-refractivity contribution in [3.05, 3.63) is 39.9 Å². The van der Waals surface area contributed by atoms with Crippen molar-refractivity contribution in [2.75, 3.05) is 0 Å². The fraction of sp³-hybridized carbons (Fsp3) is 0.385. The van der Waals surface area contributed by atoms with Crippen LogP contribution in [0.3, 0.4) is 0 Å². The molecule has 106 valence electrons. The van der Waals surface area contributed by atoms with Gasteiger partial charge in [0.05, 0.1) is 4.92 Å². The predicted molar refractivity (Wildman–Crippen MR) is 69.1 cm³/mol. The van der Waals surface area contributed by atoms with Gasteiger partial charge in [0.2, 0.25) is 5.91 Å². The molecule has 0 aliphatic heterocycles. The first kappa shape index (κ1) is 14.0. The molecule has 0 radical (unpaired) electrons. The zero-order valence-corrected chi connectivity index (χ0v) is 10.6. The van der Waals surface area contributed by atoms with Crippen molar-refractivity contribution in [3.8, 4) is 0 Å². The summed E-state index contributed by atoms with van der Waals surface area (Å²) in [5.41, 5.74) is 0.153. The third-order valence-corrected chi connectivity index (χ3v) is 3.18. The second-order valence-electron chi connectivity index (χ2n) is 4.76. The van der Waals surface area contributed by atoms with Gasteiger partial charge in [-0.15, -0.1) is 0 Å². The molecular weight excluding hydrogens is 264 g/mol. The van der Waals surface area contributed by atoms with Gasteiger partial charge in [-0.25, -0.2) is 4.79 Å². The standard InChI is InChI=1S/C13H14N2O5/c16-12(8-5-6-8)14-10(13(17)18)7-9-3-1-2-4-11(9)15(19)20/h1-4,8,10H,5-7H2,(H,14,16)(H,17,18)/t10-/m0/s1. The summed E-state index contributed by atoms with van der Waals surface area (Å²) in [5.74, 6) is -1.60. The number of carbonyl (C=O) groups is 2. The molecule has 1 aliphatic carbocycles. The molecular formula is C13H14N2O5. The Balaban J connectivity index is 2.13. The van der Waals surface area contributed by atoms with E-state index in [0.29, 0.717) is 5.56 Å². The highest BCUT2D eigenvalue weighted by atomic mass is 16.6. The van der Waals surface area contributed by atoms with E-state index >= 15 is 0 Å². The summed E-state index contributed by atoms with van der Waals surface area (Å²) < 4.78 is 0. The maximum atomic E-state index is 11.6. The lowest BCUT2D eigenvalue weighted by atomic mass is 10.0. The zero-order valence-electron chi connectivity index (χ0n) is 10.6. The third kappa shape index (κ3) is 3.31. The Hall–Kier alpha value is -2.44. The van der Waals surface area contributed by atoms with Gasteiger partial charge >= 0.3 is 5.97 Å². The minimum Gasteiger partial charge on any atom is -0.480 e. The number of carboxylic acid groups (broad SMARTS) is 1. The number of carbonyl (C=O) groups excluding carboxylic acids is 1. The van der Waals surface area contributed by atoms with Crippen molar-refractivity contribution in [1.29, 1.82) is 0 Å². The number of rotatable bonds is 6. The molecule has 0 spiro atoms. The number of carboxylic acids is 1. The molecule has 1 saturated carbocycles. The maximum absolute atomic E-state index is 11.6. The fourth-order valence-electron chi connectivity index (χ4n) is 1.92. The molecule has 7 nitrogen and oxygen atoms in total. The molecule has 1 atom stereocenters. The van der Waals surface area contributed by atoms with Crippen molar-refractivity contribution < 1.29 is 19.6 Å². The highest BCUT2D eigenvalue weighted by Crippen LogP contribution is 2.29. The van der Waals surface area contributed by atoms with E-state index in [-0.39, 0.29) is 23.9 Å². The van der Waals surface area contributed by atoms with Crippen LogP contribution in [0.4, 0.5) is 5.69 Å². The van der Waals surface area contributed by atoms with E-state index in [2.05, 4.69) is 5.32 Å². The minimum atomic E-state index is -1.20. The van der Waals surface area contributed by atoms with Gasteiger partial charge in [0.1, 0.15) is 6.04 Å². The van der Waals surface area contributed by atoms with Gasteiger partial charge in [0.15, 0.2) is 0 Å². The molecule has 1 amide bonds. The number of nitrogens with zero attached hydrogens (tertiary/aromatic N) is 1. The van der Waals surface area contributed by atoms with Crippen molar-refractivity contribution in [1.82, 2.24) is 5.32 Å². The largest absolute Gasteiger partial charge is 0.480 e. The first-order valence-electron chi connectivity index (χ1n) is 6.24. The average molecular weight is 278 g/mol. The number of hydrogen-bond donors (Lipinski definition) is 2. The Morgan fingerprint density at radius 3 is 2.60 bits per heavy atom. The van der Waals surface area contributed by atoms with Crippen LogP contribution in [-0.2, 0) is 16.0 Å². The van der Waals surface area contributed by atoms with Crippen molar-refractivity contribution in [2.24, 2.45) is 5.92 Å². The molecule has 0 aromatic heterocycles. The number of para-hydroxylation sites is 1. The van der Waals surface area contributed by atoms with E-state index in [4.69, 9.17) is 5.11 Å². The summed E-state index contributed by atoms with van der Waals surface area (Å²) in [7, 11) is 0. The Labute approximate surface area is 114 Å². The summed E-state index contributed by atoms with van der Waals surface area (Å²) in [6.07, 6.45) is 1.43. The van der Waals surface area contributed by atoms with Crippen LogP contribution in [0.5, 0.6) is 0 Å². The highest BCUT2D eigenvalue weighted by Gasteiger charge is 2.33. The number of nitro groups is 1. The molecule has 1 aromatic rings. The molecule has 20 heavy (non-hydrogen) atoms. The van der Waals surface area contributed by atoms with E-state index in [0.717, 1.165) is 12.8 Å².